The number of nitrogens with one attached hydrogen (secondary N) is 3. The van der Waals surface area contributed by atoms with E-state index in [4.69, 9.17) is 16.1 Å². The Morgan fingerprint density at radius 2 is 2.00 bits per heavy atom. The maximum atomic E-state index is 12.7. The number of benzene rings is 2. The minimum Gasteiger partial charge on any atom is -0.398 e. The van der Waals surface area contributed by atoms with Gasteiger partial charge in [-0.2, -0.15) is 0 Å². The van der Waals surface area contributed by atoms with Gasteiger partial charge in [-0.3, -0.25) is 9.69 Å². The lowest BCUT2D eigenvalue weighted by Gasteiger charge is -2.18. The minimum atomic E-state index is -0.209. The highest BCUT2D eigenvalue weighted by molar-refractivity contribution is 7.98. The molecule has 178 valence electrons. The summed E-state index contributed by atoms with van der Waals surface area (Å²) in [5, 5.41) is 12.0. The fourth-order valence-corrected chi connectivity index (χ4v) is 5.23. The molecule has 0 unspecified atom stereocenters. The third-order valence-electron chi connectivity index (χ3n) is 6.43. The van der Waals surface area contributed by atoms with Gasteiger partial charge < -0.3 is 21.4 Å². The summed E-state index contributed by atoms with van der Waals surface area (Å²) >= 11 is 1.75. The van der Waals surface area contributed by atoms with Crippen molar-refractivity contribution in [3.05, 3.63) is 76.2 Å². The number of pyridine rings is 2. The van der Waals surface area contributed by atoms with Gasteiger partial charge in [0, 0.05) is 46.4 Å². The standard InChI is InChI=1S/C27H28N6OS/c1-35-24-13-17(4-5-20(24)16-33-10-2-3-11-33)23-12-18-8-9-30-27(34)25(18)26(32-23)31-21-7-6-19(15-28)22(29)14-21/h4-9,12-15,28H,2-3,10-11,16,29H2,1H3,(H,30,34)(H,31,32). The van der Waals surface area contributed by atoms with Crippen LogP contribution in [0, 0.1) is 5.41 Å². The molecular formula is C27H28N6OS. The first-order valence-electron chi connectivity index (χ1n) is 11.6. The monoisotopic (exact) mass is 484 g/mol. The summed E-state index contributed by atoms with van der Waals surface area (Å²) in [6.45, 7) is 3.30. The molecule has 35 heavy (non-hydrogen) atoms. The van der Waals surface area contributed by atoms with Crippen molar-refractivity contribution in [3.8, 4) is 11.3 Å². The third-order valence-corrected chi connectivity index (χ3v) is 7.25. The molecular weight excluding hydrogens is 456 g/mol. The lowest BCUT2D eigenvalue weighted by Crippen LogP contribution is -2.18. The summed E-state index contributed by atoms with van der Waals surface area (Å²) < 4.78 is 0. The molecule has 4 aromatic rings. The van der Waals surface area contributed by atoms with Crippen molar-refractivity contribution in [2.75, 3.05) is 30.4 Å². The van der Waals surface area contributed by atoms with Crippen molar-refractivity contribution in [1.29, 1.82) is 5.41 Å². The molecule has 0 radical (unpaired) electrons. The van der Waals surface area contributed by atoms with Crippen LogP contribution in [-0.2, 0) is 6.54 Å². The average molecular weight is 485 g/mol. The van der Waals surface area contributed by atoms with Crippen molar-refractivity contribution >= 4 is 45.9 Å². The summed E-state index contributed by atoms with van der Waals surface area (Å²) in [6.07, 6.45) is 7.53. The number of hydrogen-bond acceptors (Lipinski definition) is 7. The van der Waals surface area contributed by atoms with Crippen molar-refractivity contribution in [2.45, 2.75) is 24.3 Å². The SMILES string of the molecule is CSc1cc(-c2cc3cc[nH]c(=O)c3c(Nc3ccc(C=N)c(N)c3)n2)ccc1CN1CCCC1. The number of fused-ring (bicyclic) bond motifs is 1. The molecule has 0 spiro atoms. The van der Waals surface area contributed by atoms with Crippen LogP contribution in [0.15, 0.2) is 64.4 Å². The number of nitrogens with zero attached hydrogens (tertiary/aromatic N) is 2. The number of H-pyrrole nitrogens is 1. The van der Waals surface area contributed by atoms with E-state index in [9.17, 15) is 4.79 Å². The highest BCUT2D eigenvalue weighted by Crippen LogP contribution is 2.32. The molecule has 2 aromatic heterocycles. The number of anilines is 3. The lowest BCUT2D eigenvalue weighted by atomic mass is 10.1. The average Bonchev–Trinajstić information content (AvgIpc) is 3.37. The van der Waals surface area contributed by atoms with Gasteiger partial charge in [0.25, 0.3) is 5.56 Å². The minimum absolute atomic E-state index is 0.209. The lowest BCUT2D eigenvalue weighted by molar-refractivity contribution is 0.329. The predicted molar refractivity (Wildman–Crippen MR) is 146 cm³/mol. The van der Waals surface area contributed by atoms with Gasteiger partial charge in [0.2, 0.25) is 0 Å². The van der Waals surface area contributed by atoms with Crippen molar-refractivity contribution in [1.82, 2.24) is 14.9 Å². The number of likely N-dealkylation sites (tertiary alicyclic amines) is 1. The summed E-state index contributed by atoms with van der Waals surface area (Å²) in [5.41, 5.74) is 10.8. The zero-order valence-corrected chi connectivity index (χ0v) is 20.4. The fraction of sp³-hybridized carbons (Fsp3) is 0.222. The topological polar surface area (TPSA) is 111 Å². The Balaban J connectivity index is 1.56. The van der Waals surface area contributed by atoms with Gasteiger partial charge in [-0.25, -0.2) is 4.98 Å². The Hall–Kier alpha value is -3.62. The van der Waals surface area contributed by atoms with Crippen molar-refractivity contribution < 1.29 is 0 Å². The van der Waals surface area contributed by atoms with Crippen LogP contribution < -0.4 is 16.6 Å². The van der Waals surface area contributed by atoms with Crippen LogP contribution in [0.1, 0.15) is 24.0 Å². The van der Waals surface area contributed by atoms with E-state index in [2.05, 4.69) is 39.7 Å². The zero-order chi connectivity index (χ0) is 24.4. The molecule has 2 aromatic carbocycles. The summed E-state index contributed by atoms with van der Waals surface area (Å²) in [7, 11) is 0. The van der Waals surface area contributed by atoms with Gasteiger partial charge in [0.05, 0.1) is 11.1 Å². The van der Waals surface area contributed by atoms with Gasteiger partial charge in [-0.1, -0.05) is 12.1 Å². The van der Waals surface area contributed by atoms with E-state index in [0.29, 0.717) is 28.1 Å². The van der Waals surface area contributed by atoms with Crippen LogP contribution >= 0.6 is 11.8 Å². The number of thioether (sulfide) groups is 1. The number of nitrogens with two attached hydrogens (primary N) is 1. The summed E-state index contributed by atoms with van der Waals surface area (Å²) in [5.74, 6) is 0.466. The van der Waals surface area contributed by atoms with Crippen molar-refractivity contribution in [2.24, 2.45) is 0 Å². The molecule has 0 aliphatic carbocycles. The largest absolute Gasteiger partial charge is 0.398 e. The molecule has 1 aliphatic heterocycles. The highest BCUT2D eigenvalue weighted by atomic mass is 32.2. The van der Waals surface area contributed by atoms with Crippen LogP contribution in [0.4, 0.5) is 17.2 Å². The number of aromatic amines is 1. The Morgan fingerprint density at radius 3 is 2.74 bits per heavy atom. The smallest absolute Gasteiger partial charge is 0.259 e. The molecule has 7 nitrogen and oxygen atoms in total. The maximum absolute atomic E-state index is 12.7. The van der Waals surface area contributed by atoms with Crippen LogP contribution in [-0.4, -0.2) is 40.4 Å². The van der Waals surface area contributed by atoms with E-state index in [1.807, 2.05) is 18.2 Å². The van der Waals surface area contributed by atoms with E-state index in [1.165, 1.54) is 29.5 Å². The second-order valence-corrected chi connectivity index (χ2v) is 9.60. The molecule has 3 heterocycles. The van der Waals surface area contributed by atoms with Crippen LogP contribution in [0.25, 0.3) is 22.0 Å². The van der Waals surface area contributed by atoms with E-state index in [1.54, 1.807) is 30.1 Å². The van der Waals surface area contributed by atoms with Gasteiger partial charge in [0.15, 0.2) is 0 Å². The molecule has 1 aliphatic rings. The second-order valence-electron chi connectivity index (χ2n) is 8.75. The Labute approximate surface area is 208 Å². The molecule has 1 saturated heterocycles. The Kier molecular flexibility index (Phi) is 6.57. The predicted octanol–water partition coefficient (Wildman–Crippen LogP) is 5.23. The number of rotatable bonds is 7. The van der Waals surface area contributed by atoms with Crippen LogP contribution in [0.2, 0.25) is 0 Å². The number of aromatic nitrogens is 2. The Morgan fingerprint density at radius 1 is 1.17 bits per heavy atom. The first kappa shape index (κ1) is 23.1. The molecule has 0 amide bonds. The molecule has 0 atom stereocenters. The number of hydrogen-bond donors (Lipinski definition) is 4. The van der Waals surface area contributed by atoms with Gasteiger partial charge in [-0.15, -0.1) is 11.8 Å². The normalized spacial score (nSPS) is 13.9. The van der Waals surface area contributed by atoms with E-state index in [0.717, 1.165) is 36.3 Å². The van der Waals surface area contributed by atoms with E-state index in [-0.39, 0.29) is 5.56 Å². The van der Waals surface area contributed by atoms with E-state index >= 15 is 0 Å². The highest BCUT2D eigenvalue weighted by Gasteiger charge is 2.16. The van der Waals surface area contributed by atoms with Crippen LogP contribution in [0.5, 0.6) is 0 Å². The molecule has 0 saturated carbocycles. The summed E-state index contributed by atoms with van der Waals surface area (Å²) in [6, 6.07) is 15.7. The van der Waals surface area contributed by atoms with Gasteiger partial charge in [-0.05, 0) is 79.5 Å². The molecule has 5 rings (SSSR count). The Bertz CT molecular complexity index is 1460. The maximum Gasteiger partial charge on any atom is 0.259 e. The van der Waals surface area contributed by atoms with Gasteiger partial charge in [0.1, 0.15) is 5.82 Å². The van der Waals surface area contributed by atoms with Crippen molar-refractivity contribution in [3.63, 3.8) is 0 Å². The fourth-order valence-electron chi connectivity index (χ4n) is 4.59. The van der Waals surface area contributed by atoms with E-state index < -0.39 is 0 Å². The number of nitrogen functional groups attached to an aromatic ring is 1. The molecule has 5 N–H and O–H groups in total. The first-order valence-corrected chi connectivity index (χ1v) is 12.9. The second kappa shape index (κ2) is 9.93. The zero-order valence-electron chi connectivity index (χ0n) is 19.6. The summed E-state index contributed by atoms with van der Waals surface area (Å²) in [4.78, 5) is 24.1. The quantitative estimate of drug-likeness (QED) is 0.162. The molecule has 8 heteroatoms. The first-order chi connectivity index (χ1) is 17.1. The third kappa shape index (κ3) is 4.80. The molecule has 0 bridgehead atoms. The van der Waals surface area contributed by atoms with Gasteiger partial charge >= 0.3 is 0 Å². The molecule has 1 fully saturated rings. The van der Waals surface area contributed by atoms with Crippen LogP contribution in [0.3, 0.4) is 0 Å².